The third-order valence-corrected chi connectivity index (χ3v) is 6.27. The molecule has 1 aliphatic heterocycles. The van der Waals surface area contributed by atoms with Crippen molar-refractivity contribution < 1.29 is 14.4 Å². The molecule has 0 bridgehead atoms. The number of anilines is 1. The SMILES string of the molecule is CCO[C@H]1CC[C@](C)(N2CCC(Nc3nc(OC)ccc3[N+](=O)[O-])CC2)CC1. The van der Waals surface area contributed by atoms with Gasteiger partial charge in [-0.2, -0.15) is 4.98 Å². The molecule has 0 unspecified atom stereocenters. The van der Waals surface area contributed by atoms with Crippen LogP contribution in [-0.4, -0.2) is 59.3 Å². The number of hydrogen-bond acceptors (Lipinski definition) is 7. The average molecular weight is 393 g/mol. The van der Waals surface area contributed by atoms with Gasteiger partial charge in [0.25, 0.3) is 0 Å². The van der Waals surface area contributed by atoms with Crippen LogP contribution in [0.25, 0.3) is 0 Å². The summed E-state index contributed by atoms with van der Waals surface area (Å²) in [5.74, 6) is 0.676. The maximum atomic E-state index is 11.3. The van der Waals surface area contributed by atoms with Crippen molar-refractivity contribution in [1.82, 2.24) is 9.88 Å². The lowest BCUT2D eigenvalue weighted by Gasteiger charge is -2.48. The Morgan fingerprint density at radius 2 is 1.96 bits per heavy atom. The van der Waals surface area contributed by atoms with Crippen molar-refractivity contribution in [1.29, 1.82) is 0 Å². The summed E-state index contributed by atoms with van der Waals surface area (Å²) in [4.78, 5) is 17.8. The molecule has 28 heavy (non-hydrogen) atoms. The van der Waals surface area contributed by atoms with Crippen molar-refractivity contribution >= 4 is 11.5 Å². The summed E-state index contributed by atoms with van der Waals surface area (Å²) in [6.07, 6.45) is 6.89. The van der Waals surface area contributed by atoms with Crippen LogP contribution in [0, 0.1) is 10.1 Å². The van der Waals surface area contributed by atoms with Crippen LogP contribution < -0.4 is 10.1 Å². The lowest BCUT2D eigenvalue weighted by molar-refractivity contribution is -0.384. The van der Waals surface area contributed by atoms with Gasteiger partial charge in [-0.3, -0.25) is 15.0 Å². The van der Waals surface area contributed by atoms with Crippen LogP contribution in [0.5, 0.6) is 5.88 Å². The van der Waals surface area contributed by atoms with Crippen LogP contribution in [0.1, 0.15) is 52.4 Å². The van der Waals surface area contributed by atoms with Crippen LogP contribution in [0.4, 0.5) is 11.5 Å². The molecule has 8 heteroatoms. The van der Waals surface area contributed by atoms with E-state index in [-0.39, 0.29) is 17.3 Å². The molecule has 2 heterocycles. The molecule has 1 aromatic rings. The maximum Gasteiger partial charge on any atom is 0.311 e. The van der Waals surface area contributed by atoms with Gasteiger partial charge in [-0.1, -0.05) is 0 Å². The molecule has 0 amide bonds. The van der Waals surface area contributed by atoms with Gasteiger partial charge in [0.1, 0.15) is 0 Å². The Morgan fingerprint density at radius 1 is 1.29 bits per heavy atom. The van der Waals surface area contributed by atoms with Crippen molar-refractivity contribution in [2.24, 2.45) is 0 Å². The van der Waals surface area contributed by atoms with Crippen molar-refractivity contribution in [3.05, 3.63) is 22.2 Å². The largest absolute Gasteiger partial charge is 0.481 e. The number of likely N-dealkylation sites (tertiary alicyclic amines) is 1. The highest BCUT2D eigenvalue weighted by molar-refractivity contribution is 5.57. The zero-order valence-electron chi connectivity index (χ0n) is 17.1. The fraction of sp³-hybridized carbons (Fsp3) is 0.750. The first kappa shape index (κ1) is 20.8. The van der Waals surface area contributed by atoms with Gasteiger partial charge in [0.15, 0.2) is 0 Å². The Labute approximate surface area is 166 Å². The number of nitro groups is 1. The molecule has 0 atom stereocenters. The summed E-state index contributed by atoms with van der Waals surface area (Å²) < 4.78 is 10.9. The van der Waals surface area contributed by atoms with E-state index in [0.717, 1.165) is 45.4 Å². The van der Waals surface area contributed by atoms with Gasteiger partial charge in [-0.15, -0.1) is 0 Å². The topological polar surface area (TPSA) is 89.8 Å². The van der Waals surface area contributed by atoms with E-state index in [9.17, 15) is 10.1 Å². The third kappa shape index (κ3) is 4.72. The van der Waals surface area contributed by atoms with Gasteiger partial charge in [0, 0.05) is 43.4 Å². The second-order valence-corrected chi connectivity index (χ2v) is 8.04. The molecule has 1 N–H and O–H groups in total. The molecular weight excluding hydrogens is 360 g/mol. The number of nitrogens with one attached hydrogen (secondary N) is 1. The quantitative estimate of drug-likeness (QED) is 0.560. The summed E-state index contributed by atoms with van der Waals surface area (Å²) in [5, 5.41) is 14.6. The van der Waals surface area contributed by atoms with Crippen molar-refractivity contribution in [2.75, 3.05) is 32.1 Å². The zero-order valence-corrected chi connectivity index (χ0v) is 17.1. The lowest BCUT2D eigenvalue weighted by Crippen LogP contribution is -2.53. The van der Waals surface area contributed by atoms with Gasteiger partial charge in [-0.25, -0.2) is 0 Å². The van der Waals surface area contributed by atoms with Crippen LogP contribution in [0.15, 0.2) is 12.1 Å². The summed E-state index contributed by atoms with van der Waals surface area (Å²) in [7, 11) is 1.51. The van der Waals surface area contributed by atoms with E-state index in [0.29, 0.717) is 17.8 Å². The minimum Gasteiger partial charge on any atom is -0.481 e. The minimum absolute atomic E-state index is 0.00978. The molecule has 1 saturated carbocycles. The fourth-order valence-corrected chi connectivity index (χ4v) is 4.49. The molecule has 156 valence electrons. The molecule has 2 fully saturated rings. The fourth-order valence-electron chi connectivity index (χ4n) is 4.49. The monoisotopic (exact) mass is 392 g/mol. The number of pyridine rings is 1. The van der Waals surface area contributed by atoms with E-state index in [1.54, 1.807) is 0 Å². The summed E-state index contributed by atoms with van der Waals surface area (Å²) in [6, 6.07) is 3.14. The van der Waals surface area contributed by atoms with Crippen LogP contribution >= 0.6 is 0 Å². The molecule has 3 rings (SSSR count). The maximum absolute atomic E-state index is 11.3. The van der Waals surface area contributed by atoms with E-state index in [2.05, 4.69) is 29.0 Å². The number of rotatable bonds is 7. The molecular formula is C20H32N4O4. The Bertz CT molecular complexity index is 668. The number of methoxy groups -OCH3 is 1. The molecule has 0 aromatic carbocycles. The first-order valence-corrected chi connectivity index (χ1v) is 10.3. The highest BCUT2D eigenvalue weighted by atomic mass is 16.6. The average Bonchev–Trinajstić information content (AvgIpc) is 2.70. The second kappa shape index (κ2) is 9.05. The van der Waals surface area contributed by atoms with Gasteiger partial charge in [0.2, 0.25) is 11.7 Å². The first-order valence-electron chi connectivity index (χ1n) is 10.3. The van der Waals surface area contributed by atoms with E-state index in [1.807, 2.05) is 0 Å². The standard InChI is InChI=1S/C20H32N4O4/c1-4-28-16-7-11-20(2,12-8-16)23-13-9-15(10-14-23)21-19-17(24(25)26)5-6-18(22-19)27-3/h5-6,15-16H,4,7-14H2,1-3H3,(H,21,22)/t16-,20-. The van der Waals surface area contributed by atoms with Crippen molar-refractivity contribution in [3.63, 3.8) is 0 Å². The van der Waals surface area contributed by atoms with Gasteiger partial charge < -0.3 is 14.8 Å². The minimum atomic E-state index is -0.401. The van der Waals surface area contributed by atoms with Gasteiger partial charge in [-0.05, 0) is 52.4 Å². The molecule has 8 nitrogen and oxygen atoms in total. The Morgan fingerprint density at radius 3 is 2.54 bits per heavy atom. The number of nitrogens with zero attached hydrogens (tertiary/aromatic N) is 3. The number of ether oxygens (including phenoxy) is 2. The van der Waals surface area contributed by atoms with Crippen LogP contribution in [-0.2, 0) is 4.74 Å². The van der Waals surface area contributed by atoms with Gasteiger partial charge >= 0.3 is 5.69 Å². The first-order chi connectivity index (χ1) is 13.4. The Balaban J connectivity index is 1.57. The summed E-state index contributed by atoms with van der Waals surface area (Å²) in [5.41, 5.74) is 0.225. The van der Waals surface area contributed by atoms with E-state index in [4.69, 9.17) is 9.47 Å². The smallest absolute Gasteiger partial charge is 0.311 e. The molecule has 0 spiro atoms. The number of aromatic nitrogens is 1. The van der Waals surface area contributed by atoms with Crippen molar-refractivity contribution in [2.45, 2.75) is 70.1 Å². The highest BCUT2D eigenvalue weighted by Crippen LogP contribution is 2.37. The van der Waals surface area contributed by atoms with E-state index >= 15 is 0 Å². The molecule has 1 aliphatic carbocycles. The van der Waals surface area contributed by atoms with E-state index < -0.39 is 4.92 Å². The number of piperidine rings is 1. The predicted octanol–water partition coefficient (Wildman–Crippen LogP) is 3.61. The van der Waals surface area contributed by atoms with Crippen LogP contribution in [0.3, 0.4) is 0 Å². The summed E-state index contributed by atoms with van der Waals surface area (Å²) >= 11 is 0. The normalized spacial score (nSPS) is 26.8. The van der Waals surface area contributed by atoms with Crippen LogP contribution in [0.2, 0.25) is 0 Å². The number of hydrogen-bond donors (Lipinski definition) is 1. The zero-order chi connectivity index (χ0) is 20.1. The Kier molecular flexibility index (Phi) is 6.72. The predicted molar refractivity (Wildman–Crippen MR) is 108 cm³/mol. The van der Waals surface area contributed by atoms with E-state index in [1.165, 1.54) is 32.1 Å². The van der Waals surface area contributed by atoms with Gasteiger partial charge in [0.05, 0.1) is 18.1 Å². The molecule has 1 saturated heterocycles. The molecule has 1 aromatic heterocycles. The third-order valence-electron chi connectivity index (χ3n) is 6.27. The molecule has 0 radical (unpaired) electrons. The van der Waals surface area contributed by atoms with Crippen molar-refractivity contribution in [3.8, 4) is 5.88 Å². The molecule has 2 aliphatic rings. The highest BCUT2D eigenvalue weighted by Gasteiger charge is 2.38. The second-order valence-electron chi connectivity index (χ2n) is 8.04. The summed E-state index contributed by atoms with van der Waals surface area (Å²) in [6.45, 7) is 7.21. The lowest BCUT2D eigenvalue weighted by atomic mass is 9.79. The Hall–Kier alpha value is -1.93.